The topological polar surface area (TPSA) is 86.7 Å². The maximum atomic E-state index is 11.6. The Morgan fingerprint density at radius 1 is 1.35 bits per heavy atom. The molecule has 1 aromatic carbocycles. The Bertz CT molecular complexity index is 597. The van der Waals surface area contributed by atoms with E-state index in [4.69, 9.17) is 16.8 Å². The van der Waals surface area contributed by atoms with Crippen molar-refractivity contribution in [2.45, 2.75) is 4.90 Å². The number of anilines is 1. The Balaban J connectivity index is 2.57. The summed E-state index contributed by atoms with van der Waals surface area (Å²) < 4.78 is 31.1. The maximum Gasteiger partial charge on any atom is 0.294 e. The summed E-state index contributed by atoms with van der Waals surface area (Å²) in [6.07, 6.45) is 0. The van der Waals surface area contributed by atoms with E-state index in [-0.39, 0.29) is 16.6 Å². The fraction of sp³-hybridized carbons (Fsp3) is 0.273. The van der Waals surface area contributed by atoms with Gasteiger partial charge in [-0.05, 0) is 24.3 Å². The minimum absolute atomic E-state index is 0.164. The minimum atomic E-state index is -4.22. The lowest BCUT2D eigenvalue weighted by atomic mass is 10.3. The van der Waals surface area contributed by atoms with Crippen molar-refractivity contribution >= 4 is 50.0 Å². The van der Waals surface area contributed by atoms with E-state index in [1.54, 1.807) is 19.0 Å². The molecule has 0 spiro atoms. The van der Waals surface area contributed by atoms with E-state index in [1.165, 1.54) is 36.0 Å². The summed E-state index contributed by atoms with van der Waals surface area (Å²) in [6, 6.07) is 5.22. The van der Waals surface area contributed by atoms with Crippen molar-refractivity contribution in [1.29, 1.82) is 0 Å². The summed E-state index contributed by atoms with van der Waals surface area (Å²) >= 11 is 6.26. The number of carbonyl (C=O) groups excluding carboxylic acids is 1. The summed E-state index contributed by atoms with van der Waals surface area (Å²) in [5, 5.41) is 2.60. The van der Waals surface area contributed by atoms with Crippen LogP contribution < -0.4 is 5.32 Å². The van der Waals surface area contributed by atoms with Crippen molar-refractivity contribution in [3.05, 3.63) is 24.3 Å². The molecule has 110 valence electrons. The third kappa shape index (κ3) is 5.45. The Morgan fingerprint density at radius 2 is 1.90 bits per heavy atom. The number of rotatable bonds is 4. The lowest BCUT2D eigenvalue weighted by molar-refractivity contribution is -0.113. The van der Waals surface area contributed by atoms with Crippen molar-refractivity contribution in [2.75, 3.05) is 25.2 Å². The number of thioether (sulfide) groups is 1. The van der Waals surface area contributed by atoms with E-state index >= 15 is 0 Å². The van der Waals surface area contributed by atoms with Gasteiger partial charge < -0.3 is 10.2 Å². The van der Waals surface area contributed by atoms with E-state index in [2.05, 4.69) is 5.32 Å². The monoisotopic (exact) mass is 334 g/mol. The highest BCUT2D eigenvalue weighted by atomic mass is 32.2. The highest BCUT2D eigenvalue weighted by Crippen LogP contribution is 2.14. The van der Waals surface area contributed by atoms with E-state index in [0.29, 0.717) is 10.0 Å². The van der Waals surface area contributed by atoms with Gasteiger partial charge >= 0.3 is 0 Å². The first-order chi connectivity index (χ1) is 9.20. The second-order valence-corrected chi connectivity index (χ2v) is 7.03. The zero-order chi connectivity index (χ0) is 15.3. The van der Waals surface area contributed by atoms with Gasteiger partial charge in [-0.25, -0.2) is 0 Å². The molecule has 0 unspecified atom stereocenters. The molecule has 0 saturated heterocycles. The van der Waals surface area contributed by atoms with E-state index < -0.39 is 10.1 Å². The Hall–Kier alpha value is -1.16. The van der Waals surface area contributed by atoms with Gasteiger partial charge in [0, 0.05) is 19.8 Å². The number of hydrogen-bond donors (Lipinski definition) is 2. The van der Waals surface area contributed by atoms with Crippen LogP contribution in [0, 0.1) is 0 Å². The van der Waals surface area contributed by atoms with Gasteiger partial charge in [0.2, 0.25) is 5.91 Å². The van der Waals surface area contributed by atoms with Crippen LogP contribution in [0.15, 0.2) is 29.2 Å². The third-order valence-corrected chi connectivity index (χ3v) is 4.73. The lowest BCUT2D eigenvalue weighted by Gasteiger charge is -2.12. The van der Waals surface area contributed by atoms with Crippen LogP contribution >= 0.6 is 24.0 Å². The summed E-state index contributed by atoms with van der Waals surface area (Å²) in [7, 11) is -0.633. The van der Waals surface area contributed by atoms with Crippen molar-refractivity contribution in [3.63, 3.8) is 0 Å². The van der Waals surface area contributed by atoms with Crippen LogP contribution in [0.2, 0.25) is 0 Å². The Morgan fingerprint density at radius 3 is 2.35 bits per heavy atom. The van der Waals surface area contributed by atoms with Crippen molar-refractivity contribution in [1.82, 2.24) is 4.90 Å². The molecule has 0 aliphatic carbocycles. The molecule has 0 aliphatic rings. The first kappa shape index (κ1) is 16.9. The first-order valence-corrected chi connectivity index (χ1v) is 8.25. The number of amides is 1. The van der Waals surface area contributed by atoms with Gasteiger partial charge in [-0.3, -0.25) is 9.35 Å². The molecule has 1 amide bonds. The molecule has 2 N–H and O–H groups in total. The number of hydrogen-bond acceptors (Lipinski definition) is 5. The second kappa shape index (κ2) is 7.02. The van der Waals surface area contributed by atoms with Gasteiger partial charge in [0.05, 0.1) is 10.6 Å². The quantitative estimate of drug-likeness (QED) is 0.636. The predicted molar refractivity (Wildman–Crippen MR) is 83.6 cm³/mol. The molecule has 0 atom stereocenters. The molecular formula is C11H14N2O4S3. The number of nitrogens with one attached hydrogen (secondary N) is 1. The van der Waals surface area contributed by atoms with Gasteiger partial charge in [0.15, 0.2) is 0 Å². The van der Waals surface area contributed by atoms with Crippen LogP contribution in [-0.2, 0) is 14.9 Å². The standard InChI is InChI=1S/C11H14N2O4S3/c1-13(2)11(18)19-7-10(14)12-8-3-5-9(6-4-8)20(15,16)17/h3-6H,7H2,1-2H3,(H,12,14)(H,15,16,17). The SMILES string of the molecule is CN(C)C(=S)SCC(=O)Nc1ccc(S(=O)(=O)O)cc1. The normalized spacial score (nSPS) is 10.9. The zero-order valence-corrected chi connectivity index (χ0v) is 13.3. The van der Waals surface area contributed by atoms with E-state index in [9.17, 15) is 13.2 Å². The van der Waals surface area contributed by atoms with Crippen LogP contribution in [0.4, 0.5) is 5.69 Å². The highest BCUT2D eigenvalue weighted by molar-refractivity contribution is 8.23. The number of nitrogens with zero attached hydrogens (tertiary/aromatic N) is 1. The van der Waals surface area contributed by atoms with E-state index in [1.807, 2.05) is 0 Å². The molecule has 9 heteroatoms. The van der Waals surface area contributed by atoms with Gasteiger partial charge in [-0.2, -0.15) is 8.42 Å². The summed E-state index contributed by atoms with van der Waals surface area (Å²) in [4.78, 5) is 13.2. The molecule has 0 saturated carbocycles. The molecule has 0 fully saturated rings. The van der Waals surface area contributed by atoms with Crippen LogP contribution in [0.3, 0.4) is 0 Å². The molecule has 6 nitrogen and oxygen atoms in total. The molecule has 0 heterocycles. The molecule has 1 rings (SSSR count). The van der Waals surface area contributed by atoms with Crippen molar-refractivity contribution in [3.8, 4) is 0 Å². The molecule has 0 radical (unpaired) electrons. The van der Waals surface area contributed by atoms with Crippen LogP contribution in [0.25, 0.3) is 0 Å². The number of carbonyl (C=O) groups is 1. The Labute approximate surface area is 127 Å². The van der Waals surface area contributed by atoms with Crippen LogP contribution in [-0.4, -0.2) is 47.9 Å². The molecule has 0 aromatic heterocycles. The third-order valence-electron chi connectivity index (χ3n) is 2.13. The first-order valence-electron chi connectivity index (χ1n) is 5.41. The summed E-state index contributed by atoms with van der Waals surface area (Å²) in [6.45, 7) is 0. The van der Waals surface area contributed by atoms with Crippen molar-refractivity contribution < 1.29 is 17.8 Å². The molecule has 20 heavy (non-hydrogen) atoms. The summed E-state index contributed by atoms with van der Waals surface area (Å²) in [5.74, 6) is -0.0874. The minimum Gasteiger partial charge on any atom is -0.364 e. The highest BCUT2D eigenvalue weighted by Gasteiger charge is 2.10. The van der Waals surface area contributed by atoms with Gasteiger partial charge in [0.25, 0.3) is 10.1 Å². The van der Waals surface area contributed by atoms with Gasteiger partial charge in [0.1, 0.15) is 4.32 Å². The lowest BCUT2D eigenvalue weighted by Crippen LogP contribution is -2.20. The maximum absolute atomic E-state index is 11.6. The van der Waals surface area contributed by atoms with Gasteiger partial charge in [-0.15, -0.1) is 0 Å². The average molecular weight is 334 g/mol. The fourth-order valence-electron chi connectivity index (χ4n) is 1.16. The van der Waals surface area contributed by atoms with Crippen LogP contribution in [0.5, 0.6) is 0 Å². The molecule has 0 bridgehead atoms. The fourth-order valence-corrected chi connectivity index (χ4v) is 2.41. The number of thiocarbonyl (C=S) groups is 1. The van der Waals surface area contributed by atoms with E-state index in [0.717, 1.165) is 0 Å². The zero-order valence-electron chi connectivity index (χ0n) is 10.9. The summed E-state index contributed by atoms with van der Waals surface area (Å²) in [5.41, 5.74) is 0.443. The molecule has 1 aromatic rings. The largest absolute Gasteiger partial charge is 0.364 e. The van der Waals surface area contributed by atoms with Crippen molar-refractivity contribution in [2.24, 2.45) is 0 Å². The predicted octanol–water partition coefficient (Wildman–Crippen LogP) is 1.45. The van der Waals surface area contributed by atoms with Crippen LogP contribution in [0.1, 0.15) is 0 Å². The smallest absolute Gasteiger partial charge is 0.294 e. The molecule has 0 aliphatic heterocycles. The Kier molecular flexibility index (Phi) is 5.93. The number of benzene rings is 1. The average Bonchev–Trinajstić information content (AvgIpc) is 2.35. The molecular weight excluding hydrogens is 320 g/mol. The van der Waals surface area contributed by atoms with Gasteiger partial charge in [-0.1, -0.05) is 24.0 Å². The second-order valence-electron chi connectivity index (χ2n) is 4.00.